The first kappa shape index (κ1) is 28.7. The number of halogens is 2. The molecule has 2 aromatic heterocycles. The Bertz CT molecular complexity index is 1520. The Kier molecular flexibility index (Phi) is 9.09. The lowest BCUT2D eigenvalue weighted by Crippen LogP contribution is -2.39. The highest BCUT2D eigenvalue weighted by Gasteiger charge is 2.23. The van der Waals surface area contributed by atoms with E-state index in [1.165, 1.54) is 19.2 Å². The average molecular weight is 585 g/mol. The SMILES string of the molecule is COc1cccc2c1c(NS(=O)(=O)c1ccc(Cl)s1)nn2Cc1cccc(CN(C)[C@H](C)C(N)=O)c1.Cl. The summed E-state index contributed by atoms with van der Waals surface area (Å²) in [6.45, 7) is 2.70. The minimum Gasteiger partial charge on any atom is -0.496 e. The quantitative estimate of drug-likeness (QED) is 0.286. The van der Waals surface area contributed by atoms with Crippen LogP contribution < -0.4 is 15.2 Å². The van der Waals surface area contributed by atoms with Crippen LogP contribution >= 0.6 is 35.3 Å². The number of aromatic nitrogens is 2. The van der Waals surface area contributed by atoms with Gasteiger partial charge in [0.15, 0.2) is 5.82 Å². The van der Waals surface area contributed by atoms with E-state index in [1.807, 2.05) is 48.3 Å². The number of nitrogens with two attached hydrogens (primary N) is 1. The van der Waals surface area contributed by atoms with Gasteiger partial charge in [-0.25, -0.2) is 8.42 Å². The number of amides is 1. The van der Waals surface area contributed by atoms with Crippen LogP contribution in [0.1, 0.15) is 18.1 Å². The van der Waals surface area contributed by atoms with E-state index in [1.54, 1.807) is 17.7 Å². The molecule has 0 saturated heterocycles. The first-order valence-electron chi connectivity index (χ1n) is 11.0. The molecule has 0 spiro atoms. The normalized spacial score (nSPS) is 12.4. The fourth-order valence-electron chi connectivity index (χ4n) is 3.82. The van der Waals surface area contributed by atoms with Crippen LogP contribution in [-0.2, 0) is 27.9 Å². The van der Waals surface area contributed by atoms with Crippen molar-refractivity contribution >= 4 is 68.0 Å². The second-order valence-corrected chi connectivity index (χ2v) is 12.0. The molecule has 0 unspecified atom stereocenters. The third-order valence-electron chi connectivity index (χ3n) is 5.83. The summed E-state index contributed by atoms with van der Waals surface area (Å²) in [6.07, 6.45) is 0. The monoisotopic (exact) mass is 583 g/mol. The molecule has 0 saturated carbocycles. The number of rotatable bonds is 10. The van der Waals surface area contributed by atoms with E-state index < -0.39 is 16.1 Å². The summed E-state index contributed by atoms with van der Waals surface area (Å²) in [6, 6.07) is 15.9. The number of methoxy groups -OCH3 is 1. The smallest absolute Gasteiger partial charge is 0.272 e. The van der Waals surface area contributed by atoms with Gasteiger partial charge in [0, 0.05) is 6.54 Å². The largest absolute Gasteiger partial charge is 0.496 e. The maximum Gasteiger partial charge on any atom is 0.272 e. The standard InChI is InChI=1S/C24H26ClN5O4S2.ClH/c1-15(23(26)31)29(2)13-16-6-4-7-17(12-16)14-30-18-8-5-9-19(34-3)22(18)24(27-30)28-36(32,33)21-11-10-20(25)35-21;/h4-12,15H,13-14H2,1-3H3,(H2,26,31)(H,27,28);1H/t15-;/m1./s1. The number of fused-ring (bicyclic) bond motifs is 1. The predicted molar refractivity (Wildman–Crippen MR) is 149 cm³/mol. The first-order valence-corrected chi connectivity index (χ1v) is 13.7. The molecule has 4 rings (SSSR count). The zero-order valence-corrected chi connectivity index (χ0v) is 23.5. The number of sulfonamides is 1. The van der Waals surface area contributed by atoms with E-state index in [-0.39, 0.29) is 28.3 Å². The van der Waals surface area contributed by atoms with Crippen LogP contribution in [0.15, 0.2) is 58.8 Å². The van der Waals surface area contributed by atoms with Crippen molar-refractivity contribution in [3.63, 3.8) is 0 Å². The minimum absolute atomic E-state index is 0. The van der Waals surface area contributed by atoms with Gasteiger partial charge in [-0.1, -0.05) is 41.9 Å². The molecule has 0 fully saturated rings. The number of anilines is 1. The first-order chi connectivity index (χ1) is 17.1. The second kappa shape index (κ2) is 11.7. The number of primary amides is 1. The van der Waals surface area contributed by atoms with Gasteiger partial charge in [0.1, 0.15) is 9.96 Å². The summed E-state index contributed by atoms with van der Waals surface area (Å²) in [5.41, 5.74) is 8.10. The van der Waals surface area contributed by atoms with Crippen molar-refractivity contribution < 1.29 is 17.9 Å². The van der Waals surface area contributed by atoms with Crippen LogP contribution in [0.3, 0.4) is 0 Å². The molecular formula is C24H27Cl2N5O4S2. The number of nitrogens with zero attached hydrogens (tertiary/aromatic N) is 3. The molecule has 0 aliphatic heterocycles. The van der Waals surface area contributed by atoms with Crippen LogP contribution in [0.25, 0.3) is 10.9 Å². The summed E-state index contributed by atoms with van der Waals surface area (Å²) in [5.74, 6) is 0.278. The van der Waals surface area contributed by atoms with Gasteiger partial charge in [0.25, 0.3) is 10.0 Å². The maximum atomic E-state index is 13.0. The summed E-state index contributed by atoms with van der Waals surface area (Å²) >= 11 is 6.91. The number of likely N-dealkylation sites (N-methyl/N-ethyl adjacent to an activating group) is 1. The minimum atomic E-state index is -3.89. The highest BCUT2D eigenvalue weighted by atomic mass is 35.5. The Morgan fingerprint density at radius 1 is 1.22 bits per heavy atom. The van der Waals surface area contributed by atoms with E-state index in [0.717, 1.165) is 22.5 Å². The lowest BCUT2D eigenvalue weighted by molar-refractivity contribution is -0.122. The van der Waals surface area contributed by atoms with Gasteiger partial charge in [-0.15, -0.1) is 23.7 Å². The zero-order chi connectivity index (χ0) is 26.0. The number of benzene rings is 2. The molecule has 2 heterocycles. The number of ether oxygens (including phenoxy) is 1. The van der Waals surface area contributed by atoms with E-state index in [4.69, 9.17) is 22.1 Å². The van der Waals surface area contributed by atoms with Gasteiger partial charge < -0.3 is 10.5 Å². The van der Waals surface area contributed by atoms with E-state index in [2.05, 4.69) is 9.82 Å². The molecule has 1 atom stereocenters. The van der Waals surface area contributed by atoms with Crippen LogP contribution in [0.5, 0.6) is 5.75 Å². The highest BCUT2D eigenvalue weighted by molar-refractivity contribution is 7.94. The fourth-order valence-corrected chi connectivity index (χ4v) is 6.31. The van der Waals surface area contributed by atoms with Crippen molar-refractivity contribution in [3.8, 4) is 5.75 Å². The fraction of sp³-hybridized carbons (Fsp3) is 0.250. The van der Waals surface area contributed by atoms with Crippen LogP contribution in [0.2, 0.25) is 4.34 Å². The Morgan fingerprint density at radius 2 is 1.92 bits per heavy atom. The topological polar surface area (TPSA) is 120 Å². The van der Waals surface area contributed by atoms with Gasteiger partial charge in [-0.3, -0.25) is 19.1 Å². The molecule has 0 aliphatic rings. The van der Waals surface area contributed by atoms with Crippen LogP contribution in [0, 0.1) is 0 Å². The van der Waals surface area contributed by atoms with Crippen molar-refractivity contribution in [3.05, 3.63) is 70.1 Å². The van der Waals surface area contributed by atoms with Crippen molar-refractivity contribution in [2.75, 3.05) is 18.9 Å². The maximum absolute atomic E-state index is 13.0. The van der Waals surface area contributed by atoms with Gasteiger partial charge in [0.2, 0.25) is 5.91 Å². The molecule has 198 valence electrons. The summed E-state index contributed by atoms with van der Waals surface area (Å²) < 4.78 is 36.3. The third kappa shape index (κ3) is 6.36. The summed E-state index contributed by atoms with van der Waals surface area (Å²) in [5, 5.41) is 5.15. The van der Waals surface area contributed by atoms with Gasteiger partial charge >= 0.3 is 0 Å². The van der Waals surface area contributed by atoms with Gasteiger partial charge in [-0.2, -0.15) is 5.10 Å². The summed E-state index contributed by atoms with van der Waals surface area (Å²) in [4.78, 5) is 13.4. The van der Waals surface area contributed by atoms with Crippen LogP contribution in [-0.4, -0.2) is 49.2 Å². The highest BCUT2D eigenvalue weighted by Crippen LogP contribution is 2.35. The lowest BCUT2D eigenvalue weighted by Gasteiger charge is -2.22. The predicted octanol–water partition coefficient (Wildman–Crippen LogP) is 4.34. The molecule has 3 N–H and O–H groups in total. The van der Waals surface area contributed by atoms with E-state index in [9.17, 15) is 13.2 Å². The van der Waals surface area contributed by atoms with Crippen LogP contribution in [0.4, 0.5) is 5.82 Å². The second-order valence-electron chi connectivity index (χ2n) is 8.34. The molecule has 0 bridgehead atoms. The number of thiophene rings is 1. The number of hydrogen-bond acceptors (Lipinski definition) is 7. The summed E-state index contributed by atoms with van der Waals surface area (Å²) in [7, 11) is -0.528. The molecule has 0 aliphatic carbocycles. The average Bonchev–Trinajstić information content (AvgIpc) is 3.42. The van der Waals surface area contributed by atoms with Crippen molar-refractivity contribution in [2.45, 2.75) is 30.3 Å². The van der Waals surface area contributed by atoms with Gasteiger partial charge in [0.05, 0.1) is 34.9 Å². The number of carbonyl (C=O) groups is 1. The van der Waals surface area contributed by atoms with Gasteiger partial charge in [-0.05, 0) is 49.4 Å². The Hall–Kier alpha value is -2.83. The van der Waals surface area contributed by atoms with Crippen molar-refractivity contribution in [2.24, 2.45) is 5.73 Å². The molecule has 13 heteroatoms. The lowest BCUT2D eigenvalue weighted by atomic mass is 10.1. The number of carbonyl (C=O) groups excluding carboxylic acids is 1. The molecule has 1 amide bonds. The zero-order valence-electron chi connectivity index (χ0n) is 20.3. The number of nitrogens with one attached hydrogen (secondary N) is 1. The molecule has 37 heavy (non-hydrogen) atoms. The Morgan fingerprint density at radius 3 is 2.57 bits per heavy atom. The third-order valence-corrected chi connectivity index (χ3v) is 8.89. The number of hydrogen-bond donors (Lipinski definition) is 2. The van der Waals surface area contributed by atoms with Crippen molar-refractivity contribution in [1.29, 1.82) is 0 Å². The molecule has 9 nitrogen and oxygen atoms in total. The van der Waals surface area contributed by atoms with Crippen molar-refractivity contribution in [1.82, 2.24) is 14.7 Å². The molecular weight excluding hydrogens is 557 g/mol. The molecule has 0 radical (unpaired) electrons. The Labute approximate surface area is 230 Å². The Balaban J connectivity index is 0.00000380. The van der Waals surface area contributed by atoms with E-state index >= 15 is 0 Å². The van der Waals surface area contributed by atoms with E-state index in [0.29, 0.717) is 34.1 Å². The molecule has 4 aromatic rings. The molecule has 2 aromatic carbocycles.